The van der Waals surface area contributed by atoms with Gasteiger partial charge in [0.05, 0.1) is 7.11 Å². The van der Waals surface area contributed by atoms with Crippen LogP contribution in [0, 0.1) is 0 Å². The van der Waals surface area contributed by atoms with Gasteiger partial charge in [-0.1, -0.05) is 18.2 Å². The fraction of sp³-hybridized carbons (Fsp3) is 0.333. The molecule has 1 N–H and O–H groups in total. The van der Waals surface area contributed by atoms with Gasteiger partial charge in [0.15, 0.2) is 0 Å². The van der Waals surface area contributed by atoms with Gasteiger partial charge in [0, 0.05) is 0 Å². The molecule has 0 amide bonds. The molecule has 0 aromatic rings. The zero-order valence-corrected chi connectivity index (χ0v) is 4.25. The molecule has 0 aromatic heterocycles. The van der Waals surface area contributed by atoms with E-state index in [1.807, 2.05) is 0 Å². The summed E-state index contributed by atoms with van der Waals surface area (Å²) in [5, 5.41) is 0.289. The number of hydrogen-bond acceptors (Lipinski definition) is 2. The molecule has 0 saturated carbocycles. The van der Waals surface area contributed by atoms with E-state index in [9.17, 15) is 0 Å². The second kappa shape index (κ2) is 3.00. The molecule has 0 rings (SSSR count). The minimum atomic E-state index is 0.289. The van der Waals surface area contributed by atoms with Crippen molar-refractivity contribution >= 4 is 11.6 Å². The fourth-order valence-corrected chi connectivity index (χ4v) is 0.188. The highest BCUT2D eigenvalue weighted by molar-refractivity contribution is 6.28. The van der Waals surface area contributed by atoms with Gasteiger partial charge in [-0.15, -0.1) is 0 Å². The number of nitrogens with one attached hydrogen (secondary N) is 1. The Morgan fingerprint density at radius 2 is 2.50 bits per heavy atom. The lowest BCUT2D eigenvalue weighted by atomic mass is 11.1. The van der Waals surface area contributed by atoms with Crippen molar-refractivity contribution in [3.05, 3.63) is 11.7 Å². The summed E-state index contributed by atoms with van der Waals surface area (Å²) in [6.07, 6.45) is 0. The maximum atomic E-state index is 5.15. The van der Waals surface area contributed by atoms with E-state index in [2.05, 4.69) is 16.9 Å². The van der Waals surface area contributed by atoms with Gasteiger partial charge in [-0.05, 0) is 0 Å². The standard InChI is InChI=1S/C3H6ClNO/c1-3(4)5-6-2/h5H,1H2,2H3. The average Bonchev–Trinajstić information content (AvgIpc) is 1.35. The van der Waals surface area contributed by atoms with Crippen LogP contribution in [-0.4, -0.2) is 7.11 Å². The second-order valence-electron chi connectivity index (χ2n) is 0.711. The Labute approximate surface area is 41.7 Å². The molecule has 6 heavy (non-hydrogen) atoms. The minimum Gasteiger partial charge on any atom is -0.279 e. The van der Waals surface area contributed by atoms with E-state index >= 15 is 0 Å². The van der Waals surface area contributed by atoms with Crippen LogP contribution in [0.1, 0.15) is 0 Å². The van der Waals surface area contributed by atoms with E-state index in [-0.39, 0.29) is 5.16 Å². The highest BCUT2D eigenvalue weighted by atomic mass is 35.5. The summed E-state index contributed by atoms with van der Waals surface area (Å²) in [7, 11) is 1.47. The van der Waals surface area contributed by atoms with Gasteiger partial charge in [0.2, 0.25) is 0 Å². The molecule has 0 fully saturated rings. The van der Waals surface area contributed by atoms with Gasteiger partial charge in [0.25, 0.3) is 0 Å². The summed E-state index contributed by atoms with van der Waals surface area (Å²) in [4.78, 5) is 4.32. The van der Waals surface area contributed by atoms with Crippen LogP contribution in [-0.2, 0) is 4.84 Å². The highest BCUT2D eigenvalue weighted by Gasteiger charge is 1.74. The summed E-state index contributed by atoms with van der Waals surface area (Å²) < 4.78 is 0. The molecule has 0 unspecified atom stereocenters. The first-order valence-corrected chi connectivity index (χ1v) is 1.78. The van der Waals surface area contributed by atoms with Crippen LogP contribution in [0.3, 0.4) is 0 Å². The number of rotatable bonds is 2. The van der Waals surface area contributed by atoms with Crippen molar-refractivity contribution in [2.24, 2.45) is 0 Å². The zero-order chi connectivity index (χ0) is 4.99. The molecule has 0 heterocycles. The van der Waals surface area contributed by atoms with Crippen LogP contribution in [0.4, 0.5) is 0 Å². The van der Waals surface area contributed by atoms with Crippen LogP contribution >= 0.6 is 11.6 Å². The predicted octanol–water partition coefficient (Wildman–Crippen LogP) is 0.847. The first-order chi connectivity index (χ1) is 2.77. The fourth-order valence-electron chi connectivity index (χ4n) is 0.111. The summed E-state index contributed by atoms with van der Waals surface area (Å²) >= 11 is 5.15. The molecular formula is C3H6ClNO. The molecule has 0 aliphatic carbocycles. The zero-order valence-electron chi connectivity index (χ0n) is 3.49. The number of halogens is 1. The van der Waals surface area contributed by atoms with Crippen molar-refractivity contribution in [3.63, 3.8) is 0 Å². The van der Waals surface area contributed by atoms with Crippen molar-refractivity contribution in [1.82, 2.24) is 5.48 Å². The maximum Gasteiger partial charge on any atom is 0.119 e. The van der Waals surface area contributed by atoms with Crippen molar-refractivity contribution in [3.8, 4) is 0 Å². The van der Waals surface area contributed by atoms with Crippen molar-refractivity contribution < 1.29 is 4.84 Å². The van der Waals surface area contributed by atoms with Gasteiger partial charge in [-0.3, -0.25) is 10.3 Å². The van der Waals surface area contributed by atoms with Crippen LogP contribution in [0.25, 0.3) is 0 Å². The second-order valence-corrected chi connectivity index (χ2v) is 1.17. The van der Waals surface area contributed by atoms with E-state index in [4.69, 9.17) is 11.6 Å². The van der Waals surface area contributed by atoms with E-state index in [0.29, 0.717) is 0 Å². The van der Waals surface area contributed by atoms with Gasteiger partial charge in [-0.2, -0.15) is 0 Å². The Morgan fingerprint density at radius 1 is 2.00 bits per heavy atom. The normalized spacial score (nSPS) is 7.67. The third-order valence-corrected chi connectivity index (χ3v) is 0.290. The van der Waals surface area contributed by atoms with E-state index in [1.165, 1.54) is 7.11 Å². The molecule has 36 valence electrons. The number of hydroxylamine groups is 1. The van der Waals surface area contributed by atoms with Crippen molar-refractivity contribution in [2.75, 3.05) is 7.11 Å². The summed E-state index contributed by atoms with van der Waals surface area (Å²) in [6.45, 7) is 3.27. The monoisotopic (exact) mass is 107 g/mol. The quantitative estimate of drug-likeness (QED) is 0.417. The summed E-state index contributed by atoms with van der Waals surface area (Å²) in [6, 6.07) is 0. The molecule has 2 nitrogen and oxygen atoms in total. The molecule has 3 heteroatoms. The number of hydrogen-bond donors (Lipinski definition) is 1. The minimum absolute atomic E-state index is 0.289. The van der Waals surface area contributed by atoms with Crippen molar-refractivity contribution in [2.45, 2.75) is 0 Å². The average molecular weight is 108 g/mol. The van der Waals surface area contributed by atoms with Gasteiger partial charge >= 0.3 is 0 Å². The van der Waals surface area contributed by atoms with Gasteiger partial charge in [-0.25, -0.2) is 0 Å². The van der Waals surface area contributed by atoms with Gasteiger partial charge in [0.1, 0.15) is 5.16 Å². The van der Waals surface area contributed by atoms with Crippen LogP contribution in [0.2, 0.25) is 0 Å². The molecule has 0 bridgehead atoms. The van der Waals surface area contributed by atoms with Crippen molar-refractivity contribution in [1.29, 1.82) is 0 Å². The summed E-state index contributed by atoms with van der Waals surface area (Å²) in [5.41, 5.74) is 2.28. The molecule has 0 aliphatic rings. The molecule has 0 aliphatic heterocycles. The topological polar surface area (TPSA) is 21.3 Å². The molecular weight excluding hydrogens is 101 g/mol. The van der Waals surface area contributed by atoms with E-state index < -0.39 is 0 Å². The third-order valence-electron chi connectivity index (χ3n) is 0.213. The Balaban J connectivity index is 2.83. The van der Waals surface area contributed by atoms with Crippen LogP contribution in [0.15, 0.2) is 11.7 Å². The van der Waals surface area contributed by atoms with Crippen LogP contribution < -0.4 is 5.48 Å². The molecule has 0 atom stereocenters. The lowest BCUT2D eigenvalue weighted by molar-refractivity contribution is 0.125. The Bertz CT molecular complexity index is 54.8. The molecule has 0 spiro atoms. The van der Waals surface area contributed by atoms with Gasteiger partial charge < -0.3 is 0 Å². The van der Waals surface area contributed by atoms with Crippen LogP contribution in [0.5, 0.6) is 0 Å². The SMILES string of the molecule is C=C(Cl)NOC. The predicted molar refractivity (Wildman–Crippen MR) is 25.1 cm³/mol. The highest BCUT2D eigenvalue weighted by Crippen LogP contribution is 1.85. The molecule has 0 saturated heterocycles. The molecule has 0 radical (unpaired) electrons. The Hall–Kier alpha value is -0.210. The van der Waals surface area contributed by atoms with E-state index in [1.54, 1.807) is 0 Å². The largest absolute Gasteiger partial charge is 0.279 e. The molecule has 0 aromatic carbocycles. The Morgan fingerprint density at radius 3 is 2.50 bits per heavy atom. The Kier molecular flexibility index (Phi) is 2.89. The lowest BCUT2D eigenvalue weighted by Crippen LogP contribution is -2.04. The first-order valence-electron chi connectivity index (χ1n) is 1.40. The summed E-state index contributed by atoms with van der Waals surface area (Å²) in [5.74, 6) is 0. The third kappa shape index (κ3) is 3.79. The smallest absolute Gasteiger partial charge is 0.119 e. The lowest BCUT2D eigenvalue weighted by Gasteiger charge is -1.93. The van der Waals surface area contributed by atoms with E-state index in [0.717, 1.165) is 0 Å². The maximum absolute atomic E-state index is 5.15. The first kappa shape index (κ1) is 5.79.